The minimum atomic E-state index is -0.637. The Balaban J connectivity index is 2.30. The number of halogens is 1. The molecular formula is C15H15FN2O2. The van der Waals surface area contributed by atoms with Crippen molar-refractivity contribution in [3.8, 4) is 5.75 Å². The Bertz CT molecular complexity index is 656. The molecule has 0 unspecified atom stereocenters. The van der Waals surface area contributed by atoms with E-state index in [4.69, 9.17) is 10.5 Å². The SMILES string of the molecule is COc1cccc(F)c1C(=O)Nc1ccc(C)c(N)c1. The van der Waals surface area contributed by atoms with E-state index in [0.717, 1.165) is 5.56 Å². The van der Waals surface area contributed by atoms with Crippen LogP contribution in [0.3, 0.4) is 0 Å². The van der Waals surface area contributed by atoms with E-state index in [1.54, 1.807) is 18.2 Å². The molecule has 1 amide bonds. The minimum Gasteiger partial charge on any atom is -0.496 e. The van der Waals surface area contributed by atoms with Crippen LogP contribution in [0.25, 0.3) is 0 Å². The second-order valence-electron chi connectivity index (χ2n) is 4.34. The molecule has 5 heteroatoms. The smallest absolute Gasteiger partial charge is 0.262 e. The average molecular weight is 274 g/mol. The van der Waals surface area contributed by atoms with Crippen molar-refractivity contribution >= 4 is 17.3 Å². The number of amides is 1. The van der Waals surface area contributed by atoms with Crippen molar-refractivity contribution in [1.82, 2.24) is 0 Å². The van der Waals surface area contributed by atoms with E-state index in [2.05, 4.69) is 5.32 Å². The van der Waals surface area contributed by atoms with Gasteiger partial charge in [0, 0.05) is 11.4 Å². The lowest BCUT2D eigenvalue weighted by Crippen LogP contribution is -2.15. The second-order valence-corrected chi connectivity index (χ2v) is 4.34. The number of nitrogen functional groups attached to an aromatic ring is 1. The lowest BCUT2D eigenvalue weighted by Gasteiger charge is -2.11. The summed E-state index contributed by atoms with van der Waals surface area (Å²) in [6.07, 6.45) is 0. The fourth-order valence-corrected chi connectivity index (χ4v) is 1.81. The first-order valence-electron chi connectivity index (χ1n) is 6.03. The molecule has 0 aliphatic rings. The summed E-state index contributed by atoms with van der Waals surface area (Å²) in [4.78, 5) is 12.1. The molecule has 104 valence electrons. The van der Waals surface area contributed by atoms with Crippen LogP contribution in [0.5, 0.6) is 5.75 Å². The van der Waals surface area contributed by atoms with Crippen molar-refractivity contribution in [1.29, 1.82) is 0 Å². The first-order valence-corrected chi connectivity index (χ1v) is 6.03. The molecule has 0 saturated heterocycles. The monoisotopic (exact) mass is 274 g/mol. The summed E-state index contributed by atoms with van der Waals surface area (Å²) in [5.74, 6) is -1.03. The number of benzene rings is 2. The zero-order valence-electron chi connectivity index (χ0n) is 11.2. The number of anilines is 2. The van der Waals surface area contributed by atoms with Gasteiger partial charge in [0.2, 0.25) is 0 Å². The van der Waals surface area contributed by atoms with Crippen molar-refractivity contribution in [2.45, 2.75) is 6.92 Å². The Hall–Kier alpha value is -2.56. The highest BCUT2D eigenvalue weighted by molar-refractivity contribution is 6.06. The third-order valence-electron chi connectivity index (χ3n) is 2.96. The maximum Gasteiger partial charge on any atom is 0.262 e. The van der Waals surface area contributed by atoms with Crippen LogP contribution >= 0.6 is 0 Å². The number of nitrogens with two attached hydrogens (primary N) is 1. The maximum absolute atomic E-state index is 13.8. The van der Waals surface area contributed by atoms with Crippen molar-refractivity contribution in [2.24, 2.45) is 0 Å². The van der Waals surface area contributed by atoms with Gasteiger partial charge in [0.25, 0.3) is 5.91 Å². The predicted octanol–water partition coefficient (Wildman–Crippen LogP) is 2.98. The number of aryl methyl sites for hydroxylation is 1. The topological polar surface area (TPSA) is 64.3 Å². The molecular weight excluding hydrogens is 259 g/mol. The molecule has 0 atom stereocenters. The number of rotatable bonds is 3. The van der Waals surface area contributed by atoms with E-state index in [-0.39, 0.29) is 11.3 Å². The van der Waals surface area contributed by atoms with Crippen LogP contribution in [-0.4, -0.2) is 13.0 Å². The number of nitrogens with one attached hydrogen (secondary N) is 1. The zero-order valence-corrected chi connectivity index (χ0v) is 11.2. The van der Waals surface area contributed by atoms with Crippen LogP contribution in [0.4, 0.5) is 15.8 Å². The van der Waals surface area contributed by atoms with Gasteiger partial charge in [-0.15, -0.1) is 0 Å². The van der Waals surface area contributed by atoms with Gasteiger partial charge in [0.1, 0.15) is 17.1 Å². The summed E-state index contributed by atoms with van der Waals surface area (Å²) in [5.41, 5.74) is 7.61. The van der Waals surface area contributed by atoms with Crippen LogP contribution in [0.2, 0.25) is 0 Å². The van der Waals surface area contributed by atoms with E-state index >= 15 is 0 Å². The van der Waals surface area contributed by atoms with Gasteiger partial charge in [-0.3, -0.25) is 4.79 Å². The zero-order chi connectivity index (χ0) is 14.7. The van der Waals surface area contributed by atoms with Crippen LogP contribution in [-0.2, 0) is 0 Å². The summed E-state index contributed by atoms with van der Waals surface area (Å²) >= 11 is 0. The van der Waals surface area contributed by atoms with Gasteiger partial charge in [0.15, 0.2) is 0 Å². The summed E-state index contributed by atoms with van der Waals surface area (Å²) in [6.45, 7) is 1.86. The third-order valence-corrected chi connectivity index (χ3v) is 2.96. The van der Waals surface area contributed by atoms with Crippen LogP contribution < -0.4 is 15.8 Å². The first kappa shape index (κ1) is 13.9. The Morgan fingerprint density at radius 1 is 1.30 bits per heavy atom. The van der Waals surface area contributed by atoms with E-state index in [1.807, 2.05) is 6.92 Å². The number of carbonyl (C=O) groups excluding carboxylic acids is 1. The molecule has 0 fully saturated rings. The number of hydrogen-bond donors (Lipinski definition) is 2. The number of hydrogen-bond acceptors (Lipinski definition) is 3. The fraction of sp³-hybridized carbons (Fsp3) is 0.133. The molecule has 4 nitrogen and oxygen atoms in total. The van der Waals surface area contributed by atoms with Crippen molar-refractivity contribution < 1.29 is 13.9 Å². The second kappa shape index (κ2) is 5.61. The Morgan fingerprint density at radius 3 is 2.70 bits per heavy atom. The van der Waals surface area contributed by atoms with Crippen molar-refractivity contribution in [2.75, 3.05) is 18.2 Å². The lowest BCUT2D eigenvalue weighted by atomic mass is 10.1. The quantitative estimate of drug-likeness (QED) is 0.846. The summed E-state index contributed by atoms with van der Waals surface area (Å²) in [5, 5.41) is 2.60. The van der Waals surface area contributed by atoms with Gasteiger partial charge in [0.05, 0.1) is 7.11 Å². The van der Waals surface area contributed by atoms with Gasteiger partial charge in [-0.1, -0.05) is 12.1 Å². The summed E-state index contributed by atoms with van der Waals surface area (Å²) in [7, 11) is 1.38. The lowest BCUT2D eigenvalue weighted by molar-refractivity contribution is 0.102. The standard InChI is InChI=1S/C15H15FN2O2/c1-9-6-7-10(8-12(9)17)18-15(19)14-11(16)4-3-5-13(14)20-2/h3-8H,17H2,1-2H3,(H,18,19). The highest BCUT2D eigenvalue weighted by Gasteiger charge is 2.17. The molecule has 2 rings (SSSR count). The van der Waals surface area contributed by atoms with E-state index < -0.39 is 11.7 Å². The van der Waals surface area contributed by atoms with Crippen molar-refractivity contribution in [3.63, 3.8) is 0 Å². The van der Waals surface area contributed by atoms with Crippen LogP contribution in [0.15, 0.2) is 36.4 Å². The fourth-order valence-electron chi connectivity index (χ4n) is 1.81. The minimum absolute atomic E-state index is 0.130. The van der Waals surface area contributed by atoms with E-state index in [0.29, 0.717) is 11.4 Å². The largest absolute Gasteiger partial charge is 0.496 e. The maximum atomic E-state index is 13.8. The van der Waals surface area contributed by atoms with Crippen LogP contribution in [0.1, 0.15) is 15.9 Å². The Morgan fingerprint density at radius 2 is 2.05 bits per heavy atom. The Kier molecular flexibility index (Phi) is 3.89. The van der Waals surface area contributed by atoms with Gasteiger partial charge in [-0.2, -0.15) is 0 Å². The molecule has 0 heterocycles. The molecule has 20 heavy (non-hydrogen) atoms. The summed E-state index contributed by atoms with van der Waals surface area (Å²) in [6, 6.07) is 9.33. The molecule has 3 N–H and O–H groups in total. The molecule has 2 aromatic rings. The van der Waals surface area contributed by atoms with Crippen molar-refractivity contribution in [3.05, 3.63) is 53.3 Å². The molecule has 0 saturated carbocycles. The highest BCUT2D eigenvalue weighted by Crippen LogP contribution is 2.23. The van der Waals surface area contributed by atoms with Gasteiger partial charge < -0.3 is 15.8 Å². The number of ether oxygens (including phenoxy) is 1. The average Bonchev–Trinajstić information content (AvgIpc) is 2.42. The molecule has 0 aliphatic carbocycles. The third kappa shape index (κ3) is 2.71. The highest BCUT2D eigenvalue weighted by atomic mass is 19.1. The van der Waals surface area contributed by atoms with E-state index in [9.17, 15) is 9.18 Å². The molecule has 0 radical (unpaired) electrons. The predicted molar refractivity (Wildman–Crippen MR) is 76.5 cm³/mol. The molecule has 0 aliphatic heterocycles. The van der Waals surface area contributed by atoms with Gasteiger partial charge in [-0.25, -0.2) is 4.39 Å². The number of methoxy groups -OCH3 is 1. The number of carbonyl (C=O) groups is 1. The molecule has 0 aromatic heterocycles. The molecule has 0 bridgehead atoms. The first-order chi connectivity index (χ1) is 9.52. The molecule has 0 spiro atoms. The van der Waals surface area contributed by atoms with Gasteiger partial charge in [-0.05, 0) is 36.8 Å². The normalized spacial score (nSPS) is 10.2. The van der Waals surface area contributed by atoms with Crippen LogP contribution in [0, 0.1) is 12.7 Å². The molecule has 2 aromatic carbocycles. The van der Waals surface area contributed by atoms with Gasteiger partial charge >= 0.3 is 0 Å². The van der Waals surface area contributed by atoms with E-state index in [1.165, 1.54) is 25.3 Å². The summed E-state index contributed by atoms with van der Waals surface area (Å²) < 4.78 is 18.8. The Labute approximate surface area is 116 Å².